The predicted molar refractivity (Wildman–Crippen MR) is 136 cm³/mol. The third-order valence-corrected chi connectivity index (χ3v) is 6.53. The molecule has 0 radical (unpaired) electrons. The van der Waals surface area contributed by atoms with Crippen molar-refractivity contribution in [3.63, 3.8) is 0 Å². The van der Waals surface area contributed by atoms with Crippen LogP contribution < -0.4 is 14.2 Å². The van der Waals surface area contributed by atoms with Gasteiger partial charge in [0.2, 0.25) is 4.96 Å². The van der Waals surface area contributed by atoms with Crippen LogP contribution in [0, 0.1) is 6.92 Å². The molecule has 5 heterocycles. The lowest BCUT2D eigenvalue weighted by atomic mass is 10.1. The second kappa shape index (κ2) is 8.97. The molecule has 6 aromatic rings. The summed E-state index contributed by atoms with van der Waals surface area (Å²) in [5, 5.41) is 5.68. The van der Waals surface area contributed by atoms with Crippen LogP contribution in [0.15, 0.2) is 65.3 Å². The number of hydrogen-bond acceptors (Lipinski definition) is 9. The van der Waals surface area contributed by atoms with E-state index < -0.39 is 0 Å². The summed E-state index contributed by atoms with van der Waals surface area (Å²) in [7, 11) is 3.19. The van der Waals surface area contributed by atoms with Gasteiger partial charge in [0.15, 0.2) is 5.76 Å². The highest BCUT2D eigenvalue weighted by Gasteiger charge is 2.17. The highest BCUT2D eigenvalue weighted by molar-refractivity contribution is 7.18. The van der Waals surface area contributed by atoms with E-state index in [1.165, 1.54) is 11.3 Å². The monoisotopic (exact) mass is 499 g/mol. The highest BCUT2D eigenvalue weighted by atomic mass is 32.1. The second-order valence-corrected chi connectivity index (χ2v) is 8.98. The van der Waals surface area contributed by atoms with Crippen LogP contribution in [-0.4, -0.2) is 38.8 Å². The Balaban J connectivity index is 1.30. The number of imidazole rings is 1. The molecule has 0 unspecified atom stereocenters. The van der Waals surface area contributed by atoms with E-state index in [0.717, 1.165) is 28.0 Å². The van der Waals surface area contributed by atoms with E-state index in [1.54, 1.807) is 24.9 Å². The van der Waals surface area contributed by atoms with Crippen molar-refractivity contribution in [2.45, 2.75) is 13.5 Å². The van der Waals surface area contributed by atoms with Crippen molar-refractivity contribution < 1.29 is 18.6 Å². The van der Waals surface area contributed by atoms with Gasteiger partial charge in [-0.3, -0.25) is 4.98 Å². The molecule has 0 saturated carbocycles. The van der Waals surface area contributed by atoms with Gasteiger partial charge >= 0.3 is 0 Å². The number of aryl methyl sites for hydroxylation is 1. The molecule has 6 rings (SSSR count). The fourth-order valence-corrected chi connectivity index (χ4v) is 4.52. The number of aromatic nitrogens is 5. The maximum Gasteiger partial charge on any atom is 0.294 e. The van der Waals surface area contributed by atoms with E-state index in [1.807, 2.05) is 61.7 Å². The first-order valence-corrected chi connectivity index (χ1v) is 11.9. The molecule has 0 aliphatic rings. The van der Waals surface area contributed by atoms with Gasteiger partial charge in [-0.1, -0.05) is 6.07 Å². The molecule has 5 aromatic heterocycles. The Morgan fingerprint density at radius 2 is 1.92 bits per heavy atom. The number of ether oxygens (including phenoxy) is 3. The summed E-state index contributed by atoms with van der Waals surface area (Å²) in [6.07, 6.45) is 3.63. The predicted octanol–water partition coefficient (Wildman–Crippen LogP) is 5.57. The molecular formula is C26H21N5O4S. The van der Waals surface area contributed by atoms with Crippen LogP contribution in [0.1, 0.15) is 11.4 Å². The highest BCUT2D eigenvalue weighted by Crippen LogP contribution is 2.37. The van der Waals surface area contributed by atoms with Crippen molar-refractivity contribution in [3.8, 4) is 39.4 Å². The first-order valence-electron chi connectivity index (χ1n) is 11.1. The molecule has 0 spiro atoms. The molecule has 0 amide bonds. The normalized spacial score (nSPS) is 11.3. The number of fused-ring (bicyclic) bond motifs is 2. The third kappa shape index (κ3) is 4.11. The van der Waals surface area contributed by atoms with E-state index >= 15 is 0 Å². The summed E-state index contributed by atoms with van der Waals surface area (Å²) in [4.78, 5) is 14.4. The van der Waals surface area contributed by atoms with Gasteiger partial charge in [-0.15, -0.1) is 5.10 Å². The number of furan rings is 1. The molecule has 9 nitrogen and oxygen atoms in total. The van der Waals surface area contributed by atoms with Gasteiger partial charge in [-0.05, 0) is 48.6 Å². The minimum atomic E-state index is 0.278. The standard InChI is InChI=1S/C26H21N5O4S/c1-15-7-8-16(12-27-15)20-6-4-5-17(28-20)14-34-22-9-18(32-2)10-23-19(22)11-24(35-23)21-13-31-25(29-21)36-26(30-31)33-3/h4-13H,14H2,1-3H3. The molecule has 0 fully saturated rings. The van der Waals surface area contributed by atoms with Crippen molar-refractivity contribution >= 4 is 27.3 Å². The Morgan fingerprint density at radius 3 is 2.69 bits per heavy atom. The molecule has 0 aliphatic heterocycles. The summed E-state index contributed by atoms with van der Waals surface area (Å²) < 4.78 is 24.7. The first-order chi connectivity index (χ1) is 17.6. The van der Waals surface area contributed by atoms with Gasteiger partial charge in [-0.25, -0.2) is 14.5 Å². The summed E-state index contributed by atoms with van der Waals surface area (Å²) in [6.45, 7) is 2.24. The van der Waals surface area contributed by atoms with Gasteiger partial charge in [0, 0.05) is 29.6 Å². The van der Waals surface area contributed by atoms with E-state index in [-0.39, 0.29) is 6.61 Å². The molecule has 0 N–H and O–H groups in total. The maximum atomic E-state index is 6.21. The zero-order valence-corrected chi connectivity index (χ0v) is 20.6. The first kappa shape index (κ1) is 22.1. The van der Waals surface area contributed by atoms with Crippen LogP contribution in [0.2, 0.25) is 0 Å². The Morgan fingerprint density at radius 1 is 1.00 bits per heavy atom. The summed E-state index contributed by atoms with van der Waals surface area (Å²) in [5.41, 5.74) is 4.85. The van der Waals surface area contributed by atoms with Crippen molar-refractivity contribution in [1.82, 2.24) is 24.6 Å². The Hall–Kier alpha value is -4.44. The molecule has 0 aliphatic carbocycles. The van der Waals surface area contributed by atoms with Gasteiger partial charge < -0.3 is 18.6 Å². The van der Waals surface area contributed by atoms with E-state index in [0.29, 0.717) is 38.7 Å². The largest absolute Gasteiger partial charge is 0.496 e. The quantitative estimate of drug-likeness (QED) is 0.281. The topological polar surface area (TPSA) is 96.8 Å². The SMILES string of the molecule is COc1cc(OCc2cccc(-c3ccc(C)nc3)n2)c2cc(-c3cn4nc(OC)sc4n3)oc2c1. The number of nitrogens with zero attached hydrogens (tertiary/aromatic N) is 5. The summed E-state index contributed by atoms with van der Waals surface area (Å²) in [6, 6.07) is 15.4. The third-order valence-electron chi connectivity index (χ3n) is 5.65. The van der Waals surface area contributed by atoms with Crippen LogP contribution in [0.4, 0.5) is 0 Å². The molecule has 0 saturated heterocycles. The van der Waals surface area contributed by atoms with Crippen molar-refractivity contribution in [2.24, 2.45) is 0 Å². The Labute approximate surface area is 209 Å². The van der Waals surface area contributed by atoms with E-state index in [4.69, 9.17) is 23.6 Å². The minimum Gasteiger partial charge on any atom is -0.496 e. The molecule has 0 bridgehead atoms. The van der Waals surface area contributed by atoms with Crippen molar-refractivity contribution in [3.05, 3.63) is 72.3 Å². The zero-order valence-electron chi connectivity index (χ0n) is 19.8. The van der Waals surface area contributed by atoms with Crippen LogP contribution in [0.3, 0.4) is 0 Å². The van der Waals surface area contributed by atoms with Gasteiger partial charge in [0.1, 0.15) is 29.4 Å². The van der Waals surface area contributed by atoms with Crippen molar-refractivity contribution in [2.75, 3.05) is 14.2 Å². The lowest BCUT2D eigenvalue weighted by Crippen LogP contribution is -2.00. The van der Waals surface area contributed by atoms with E-state index in [9.17, 15) is 0 Å². The minimum absolute atomic E-state index is 0.278. The Bertz CT molecular complexity index is 1650. The molecular weight excluding hydrogens is 478 g/mol. The number of pyridine rings is 2. The average Bonchev–Trinajstić information content (AvgIpc) is 3.60. The maximum absolute atomic E-state index is 6.21. The molecule has 0 atom stereocenters. The summed E-state index contributed by atoms with van der Waals surface area (Å²) >= 11 is 1.36. The van der Waals surface area contributed by atoms with Crippen molar-refractivity contribution in [1.29, 1.82) is 0 Å². The smallest absolute Gasteiger partial charge is 0.294 e. The van der Waals surface area contributed by atoms with E-state index in [2.05, 4.69) is 15.1 Å². The molecule has 36 heavy (non-hydrogen) atoms. The zero-order chi connectivity index (χ0) is 24.6. The van der Waals surface area contributed by atoms with Gasteiger partial charge in [0.05, 0.1) is 37.2 Å². The molecule has 1 aromatic carbocycles. The Kier molecular flexibility index (Phi) is 5.49. The fraction of sp³-hybridized carbons (Fsp3) is 0.154. The number of hydrogen-bond donors (Lipinski definition) is 0. The summed E-state index contributed by atoms with van der Waals surface area (Å²) in [5.74, 6) is 1.86. The second-order valence-electron chi connectivity index (χ2n) is 8.06. The lowest BCUT2D eigenvalue weighted by Gasteiger charge is -2.10. The van der Waals surface area contributed by atoms with Gasteiger partial charge in [-0.2, -0.15) is 0 Å². The number of benzene rings is 1. The number of methoxy groups -OCH3 is 2. The lowest BCUT2D eigenvalue weighted by molar-refractivity contribution is 0.303. The van der Waals surface area contributed by atoms with Crippen LogP contribution in [-0.2, 0) is 6.61 Å². The molecule has 10 heteroatoms. The number of rotatable bonds is 7. The molecule has 180 valence electrons. The fourth-order valence-electron chi connectivity index (χ4n) is 3.82. The van der Waals surface area contributed by atoms with Crippen LogP contribution in [0.25, 0.3) is 38.6 Å². The van der Waals surface area contributed by atoms with Crippen LogP contribution in [0.5, 0.6) is 16.7 Å². The van der Waals surface area contributed by atoms with Crippen LogP contribution >= 0.6 is 11.3 Å². The van der Waals surface area contributed by atoms with Gasteiger partial charge in [0.25, 0.3) is 5.19 Å². The average molecular weight is 500 g/mol.